The Bertz CT molecular complexity index is 862. The molecule has 1 saturated heterocycles. The monoisotopic (exact) mass is 341 g/mol. The number of thiazole rings is 1. The number of H-pyrrole nitrogens is 1. The number of nitrogens with one attached hydrogen (secondary N) is 1. The fourth-order valence-corrected chi connectivity index (χ4v) is 3.94. The minimum absolute atomic E-state index is 0.0983. The Labute approximate surface area is 144 Å². The Hall–Kier alpha value is -2.34. The van der Waals surface area contributed by atoms with E-state index in [1.54, 1.807) is 5.51 Å². The Morgan fingerprint density at radius 3 is 2.92 bits per heavy atom. The third-order valence-electron chi connectivity index (χ3n) is 4.52. The summed E-state index contributed by atoms with van der Waals surface area (Å²) in [7, 11) is 0. The summed E-state index contributed by atoms with van der Waals surface area (Å²) in [5, 5.41) is 1.11. The average molecular weight is 341 g/mol. The number of likely N-dealkylation sites (tertiary alicyclic amines) is 1. The van der Waals surface area contributed by atoms with Gasteiger partial charge in [0.15, 0.2) is 0 Å². The number of hydrogen-bond acceptors (Lipinski definition) is 4. The molecule has 0 aliphatic carbocycles. The second kappa shape index (κ2) is 6.28. The summed E-state index contributed by atoms with van der Waals surface area (Å²) in [5.74, 6) is 1.01. The number of carbonyl (C=O) groups excluding carboxylic acids is 1. The van der Waals surface area contributed by atoms with E-state index in [9.17, 15) is 4.79 Å². The standard InChI is InChI=1S/C18H19N3O2S/c1-12-17(24-11-20-12)18(22)21-9-6-13(7-10-21)23-16-4-2-3-15-14(16)5-8-19-15/h2-5,8,11,13,19H,6-7,9-10H2,1H3. The van der Waals surface area contributed by atoms with Gasteiger partial charge >= 0.3 is 0 Å². The van der Waals surface area contributed by atoms with Crippen molar-refractivity contribution in [3.63, 3.8) is 0 Å². The molecule has 1 fully saturated rings. The van der Waals surface area contributed by atoms with Crippen LogP contribution in [0.3, 0.4) is 0 Å². The molecule has 0 unspecified atom stereocenters. The van der Waals surface area contributed by atoms with Crippen LogP contribution in [0.2, 0.25) is 0 Å². The molecule has 3 heterocycles. The lowest BCUT2D eigenvalue weighted by molar-refractivity contribution is 0.0601. The molecule has 5 nitrogen and oxygen atoms in total. The maximum atomic E-state index is 12.5. The molecule has 1 aliphatic rings. The zero-order valence-corrected chi connectivity index (χ0v) is 14.3. The van der Waals surface area contributed by atoms with Crippen molar-refractivity contribution in [2.24, 2.45) is 0 Å². The Morgan fingerprint density at radius 1 is 1.33 bits per heavy atom. The second-order valence-electron chi connectivity index (χ2n) is 6.07. The van der Waals surface area contributed by atoms with E-state index in [0.717, 1.165) is 53.2 Å². The Balaban J connectivity index is 1.41. The van der Waals surface area contributed by atoms with Crippen molar-refractivity contribution < 1.29 is 9.53 Å². The SMILES string of the molecule is Cc1ncsc1C(=O)N1CCC(Oc2cccc3[nH]ccc23)CC1. The van der Waals surface area contributed by atoms with Crippen molar-refractivity contribution in [3.8, 4) is 5.75 Å². The number of aromatic amines is 1. The van der Waals surface area contributed by atoms with E-state index >= 15 is 0 Å². The summed E-state index contributed by atoms with van der Waals surface area (Å²) in [6, 6.07) is 8.09. The quantitative estimate of drug-likeness (QED) is 0.791. The van der Waals surface area contributed by atoms with Gasteiger partial charge in [-0.2, -0.15) is 0 Å². The van der Waals surface area contributed by atoms with Crippen molar-refractivity contribution in [2.75, 3.05) is 13.1 Å². The summed E-state index contributed by atoms with van der Waals surface area (Å²) in [6.07, 6.45) is 3.78. The van der Waals surface area contributed by atoms with Gasteiger partial charge in [0, 0.05) is 43.0 Å². The van der Waals surface area contributed by atoms with E-state index in [1.807, 2.05) is 42.3 Å². The molecule has 0 radical (unpaired) electrons. The molecule has 1 aromatic carbocycles. The lowest BCUT2D eigenvalue weighted by Gasteiger charge is -2.32. The van der Waals surface area contributed by atoms with Gasteiger partial charge in [-0.25, -0.2) is 4.98 Å². The minimum Gasteiger partial charge on any atom is -0.490 e. The van der Waals surface area contributed by atoms with Crippen LogP contribution in [0.5, 0.6) is 5.75 Å². The topological polar surface area (TPSA) is 58.2 Å². The number of amides is 1. The zero-order chi connectivity index (χ0) is 16.5. The highest BCUT2D eigenvalue weighted by Gasteiger charge is 2.26. The highest BCUT2D eigenvalue weighted by atomic mass is 32.1. The molecular weight excluding hydrogens is 322 g/mol. The molecule has 0 atom stereocenters. The number of hydrogen-bond donors (Lipinski definition) is 1. The van der Waals surface area contributed by atoms with E-state index in [2.05, 4.69) is 9.97 Å². The molecule has 3 aromatic rings. The molecule has 2 aromatic heterocycles. The van der Waals surface area contributed by atoms with Gasteiger partial charge in [0.2, 0.25) is 0 Å². The van der Waals surface area contributed by atoms with Gasteiger partial charge in [0.1, 0.15) is 16.7 Å². The molecule has 4 rings (SSSR count). The molecule has 0 saturated carbocycles. The van der Waals surface area contributed by atoms with E-state index in [-0.39, 0.29) is 12.0 Å². The molecule has 1 amide bonds. The highest BCUT2D eigenvalue weighted by molar-refractivity contribution is 7.11. The number of piperidine rings is 1. The van der Waals surface area contributed by atoms with Crippen LogP contribution < -0.4 is 4.74 Å². The van der Waals surface area contributed by atoms with Gasteiger partial charge in [0.05, 0.1) is 11.2 Å². The van der Waals surface area contributed by atoms with Crippen LogP contribution in [0, 0.1) is 6.92 Å². The van der Waals surface area contributed by atoms with Crippen LogP contribution in [0.1, 0.15) is 28.2 Å². The van der Waals surface area contributed by atoms with Gasteiger partial charge in [0.25, 0.3) is 5.91 Å². The number of ether oxygens (including phenoxy) is 1. The fraction of sp³-hybridized carbons (Fsp3) is 0.333. The van der Waals surface area contributed by atoms with Crippen molar-refractivity contribution in [1.82, 2.24) is 14.9 Å². The lowest BCUT2D eigenvalue weighted by Crippen LogP contribution is -2.41. The third kappa shape index (κ3) is 2.78. The normalized spacial score (nSPS) is 15.8. The number of fused-ring (bicyclic) bond motifs is 1. The summed E-state index contributed by atoms with van der Waals surface area (Å²) in [5.41, 5.74) is 3.64. The molecule has 24 heavy (non-hydrogen) atoms. The second-order valence-corrected chi connectivity index (χ2v) is 6.93. The molecular formula is C18H19N3O2S. The van der Waals surface area contributed by atoms with Gasteiger partial charge in [-0.15, -0.1) is 11.3 Å². The maximum absolute atomic E-state index is 12.5. The fourth-order valence-electron chi connectivity index (χ4n) is 3.17. The molecule has 0 bridgehead atoms. The predicted octanol–water partition coefficient (Wildman–Crippen LogP) is 3.62. The Morgan fingerprint density at radius 2 is 2.17 bits per heavy atom. The maximum Gasteiger partial charge on any atom is 0.265 e. The first-order valence-corrected chi connectivity index (χ1v) is 9.02. The van der Waals surface area contributed by atoms with Crippen LogP contribution in [0.15, 0.2) is 36.0 Å². The molecule has 1 N–H and O–H groups in total. The van der Waals surface area contributed by atoms with Crippen LogP contribution in [0.25, 0.3) is 10.9 Å². The first-order chi connectivity index (χ1) is 11.7. The number of rotatable bonds is 3. The van der Waals surface area contributed by atoms with E-state index in [0.29, 0.717) is 0 Å². The first-order valence-electron chi connectivity index (χ1n) is 8.14. The van der Waals surface area contributed by atoms with E-state index in [4.69, 9.17) is 4.74 Å². The number of aryl methyl sites for hydroxylation is 1. The smallest absolute Gasteiger partial charge is 0.265 e. The summed E-state index contributed by atoms with van der Waals surface area (Å²) in [4.78, 5) is 22.6. The first kappa shape index (κ1) is 15.2. The van der Waals surface area contributed by atoms with Gasteiger partial charge in [-0.1, -0.05) is 6.07 Å². The largest absolute Gasteiger partial charge is 0.490 e. The third-order valence-corrected chi connectivity index (χ3v) is 5.43. The van der Waals surface area contributed by atoms with Gasteiger partial charge in [-0.3, -0.25) is 4.79 Å². The molecule has 0 spiro atoms. The molecule has 1 aliphatic heterocycles. The number of carbonyl (C=O) groups is 1. The van der Waals surface area contributed by atoms with Crippen LogP contribution in [0.4, 0.5) is 0 Å². The lowest BCUT2D eigenvalue weighted by atomic mass is 10.1. The van der Waals surface area contributed by atoms with Crippen LogP contribution in [-0.4, -0.2) is 40.0 Å². The zero-order valence-electron chi connectivity index (χ0n) is 13.5. The number of benzene rings is 1. The summed E-state index contributed by atoms with van der Waals surface area (Å²) < 4.78 is 6.20. The van der Waals surface area contributed by atoms with Gasteiger partial charge in [-0.05, 0) is 25.1 Å². The highest BCUT2D eigenvalue weighted by Crippen LogP contribution is 2.28. The van der Waals surface area contributed by atoms with Crippen molar-refractivity contribution in [1.29, 1.82) is 0 Å². The van der Waals surface area contributed by atoms with E-state index < -0.39 is 0 Å². The minimum atomic E-state index is 0.0983. The summed E-state index contributed by atoms with van der Waals surface area (Å²) >= 11 is 1.42. The van der Waals surface area contributed by atoms with Crippen molar-refractivity contribution in [3.05, 3.63) is 46.5 Å². The number of aromatic nitrogens is 2. The van der Waals surface area contributed by atoms with Crippen LogP contribution >= 0.6 is 11.3 Å². The average Bonchev–Trinajstić information content (AvgIpc) is 3.24. The predicted molar refractivity (Wildman–Crippen MR) is 94.7 cm³/mol. The van der Waals surface area contributed by atoms with Crippen molar-refractivity contribution in [2.45, 2.75) is 25.9 Å². The molecule has 6 heteroatoms. The van der Waals surface area contributed by atoms with Crippen LogP contribution in [-0.2, 0) is 0 Å². The summed E-state index contributed by atoms with van der Waals surface area (Å²) in [6.45, 7) is 3.34. The molecule has 124 valence electrons. The van der Waals surface area contributed by atoms with Crippen molar-refractivity contribution >= 4 is 28.1 Å². The van der Waals surface area contributed by atoms with Gasteiger partial charge < -0.3 is 14.6 Å². The number of nitrogens with zero attached hydrogens (tertiary/aromatic N) is 2. The van der Waals surface area contributed by atoms with E-state index in [1.165, 1.54) is 11.3 Å². The Kier molecular flexibility index (Phi) is 3.98.